The van der Waals surface area contributed by atoms with Gasteiger partial charge in [0.05, 0.1) is 23.9 Å². The Morgan fingerprint density at radius 1 is 1.09 bits per heavy atom. The van der Waals surface area contributed by atoms with Gasteiger partial charge in [0.2, 0.25) is 5.91 Å². The molecule has 0 N–H and O–H groups in total. The highest BCUT2D eigenvalue weighted by atomic mass is 32.1. The van der Waals surface area contributed by atoms with E-state index in [0.717, 1.165) is 16.2 Å². The summed E-state index contributed by atoms with van der Waals surface area (Å²) in [5.41, 5.74) is 0.950. The molecule has 1 fully saturated rings. The number of ether oxygens (including phenoxy) is 3. The van der Waals surface area contributed by atoms with Crippen molar-refractivity contribution in [2.24, 2.45) is 5.92 Å². The van der Waals surface area contributed by atoms with Gasteiger partial charge in [-0.05, 0) is 55.7 Å². The maximum Gasteiger partial charge on any atom is 0.309 e. The zero-order valence-corrected chi connectivity index (χ0v) is 19.7. The summed E-state index contributed by atoms with van der Waals surface area (Å²) in [5, 5.41) is 0. The molecule has 2 amide bonds. The number of likely N-dealkylation sites (tertiary alicyclic amines) is 1. The molecule has 3 heterocycles. The van der Waals surface area contributed by atoms with E-state index < -0.39 is 0 Å². The van der Waals surface area contributed by atoms with Crippen molar-refractivity contribution in [3.8, 4) is 21.9 Å². The third-order valence-corrected chi connectivity index (χ3v) is 6.95. The van der Waals surface area contributed by atoms with Crippen LogP contribution in [0.15, 0.2) is 30.3 Å². The molecule has 4 rings (SSSR count). The molecule has 0 saturated carbocycles. The first-order valence-corrected chi connectivity index (χ1v) is 12.0. The number of amides is 2. The fourth-order valence-corrected chi connectivity index (χ4v) is 4.99. The second-order valence-electron chi connectivity index (χ2n) is 8.09. The van der Waals surface area contributed by atoms with Gasteiger partial charge in [0.25, 0.3) is 5.91 Å². The van der Waals surface area contributed by atoms with Crippen LogP contribution in [0.3, 0.4) is 0 Å². The molecule has 2 aliphatic rings. The number of carbonyl (C=O) groups excluding carboxylic acids is 3. The summed E-state index contributed by atoms with van der Waals surface area (Å²) in [6, 6.07) is 9.42. The quantitative estimate of drug-likeness (QED) is 0.601. The van der Waals surface area contributed by atoms with Gasteiger partial charge >= 0.3 is 5.97 Å². The Hall–Kier alpha value is -3.07. The van der Waals surface area contributed by atoms with Gasteiger partial charge in [0, 0.05) is 25.0 Å². The number of rotatable bonds is 6. The van der Waals surface area contributed by atoms with E-state index in [1.165, 1.54) is 16.2 Å². The van der Waals surface area contributed by atoms with E-state index in [1.54, 1.807) is 24.9 Å². The average Bonchev–Trinajstić information content (AvgIpc) is 3.33. The number of piperidine rings is 1. The summed E-state index contributed by atoms with van der Waals surface area (Å²) in [6.45, 7) is 4.21. The van der Waals surface area contributed by atoms with Crippen molar-refractivity contribution >= 4 is 29.1 Å². The monoisotopic (exact) mass is 472 g/mol. The number of nitrogens with zero attached hydrogens (tertiary/aromatic N) is 2. The molecule has 0 aliphatic carbocycles. The van der Waals surface area contributed by atoms with Crippen LogP contribution in [0.5, 0.6) is 11.5 Å². The minimum Gasteiger partial charge on any atom is -0.486 e. The molecule has 0 unspecified atom stereocenters. The van der Waals surface area contributed by atoms with E-state index in [1.807, 2.05) is 24.3 Å². The molecule has 1 aromatic carbocycles. The van der Waals surface area contributed by atoms with E-state index in [2.05, 4.69) is 0 Å². The van der Waals surface area contributed by atoms with E-state index in [-0.39, 0.29) is 30.2 Å². The Kier molecular flexibility index (Phi) is 7.17. The molecular formula is C24H28N2O6S. The zero-order chi connectivity index (χ0) is 23.4. The Labute approximate surface area is 197 Å². The van der Waals surface area contributed by atoms with E-state index in [0.29, 0.717) is 56.4 Å². The third-order valence-electron chi connectivity index (χ3n) is 5.83. The summed E-state index contributed by atoms with van der Waals surface area (Å²) in [7, 11) is 1.63. The molecule has 0 atom stereocenters. The number of likely N-dealkylation sites (N-methyl/N-ethyl adjacent to an activating group) is 1. The second-order valence-corrected chi connectivity index (χ2v) is 9.17. The molecule has 0 radical (unpaired) electrons. The standard InChI is InChI=1S/C24H28N2O6S/c1-3-30-24(29)16-8-10-26(11-9-16)22(27)15-25(2)23(28)21-7-6-20(33-21)17-4-5-18-19(14-17)32-13-12-31-18/h4-7,14,16H,3,8-13,15H2,1-2H3. The summed E-state index contributed by atoms with van der Waals surface area (Å²) >= 11 is 1.38. The van der Waals surface area contributed by atoms with Crippen LogP contribution in [-0.2, 0) is 14.3 Å². The van der Waals surface area contributed by atoms with Crippen LogP contribution in [-0.4, -0.2) is 74.1 Å². The van der Waals surface area contributed by atoms with Gasteiger partial charge in [-0.15, -0.1) is 11.3 Å². The van der Waals surface area contributed by atoms with Crippen LogP contribution < -0.4 is 9.47 Å². The minimum absolute atomic E-state index is 0.000162. The van der Waals surface area contributed by atoms with E-state index in [4.69, 9.17) is 14.2 Å². The first-order valence-electron chi connectivity index (χ1n) is 11.2. The van der Waals surface area contributed by atoms with Crippen molar-refractivity contribution in [3.05, 3.63) is 35.2 Å². The molecule has 9 heteroatoms. The summed E-state index contributed by atoms with van der Waals surface area (Å²) in [4.78, 5) is 42.2. The van der Waals surface area contributed by atoms with Crippen LogP contribution in [0.1, 0.15) is 29.4 Å². The lowest BCUT2D eigenvalue weighted by molar-refractivity contribution is -0.151. The molecular weight excluding hydrogens is 444 g/mol. The van der Waals surface area contributed by atoms with Gasteiger partial charge in [0.15, 0.2) is 11.5 Å². The lowest BCUT2D eigenvalue weighted by Gasteiger charge is -2.32. The van der Waals surface area contributed by atoms with Crippen molar-refractivity contribution in [2.45, 2.75) is 19.8 Å². The minimum atomic E-state index is -0.196. The fourth-order valence-electron chi connectivity index (χ4n) is 3.99. The van der Waals surface area contributed by atoms with Gasteiger partial charge in [-0.25, -0.2) is 0 Å². The van der Waals surface area contributed by atoms with Crippen LogP contribution in [0.4, 0.5) is 0 Å². The van der Waals surface area contributed by atoms with Gasteiger partial charge < -0.3 is 24.0 Å². The Morgan fingerprint density at radius 2 is 1.82 bits per heavy atom. The molecule has 1 saturated heterocycles. The maximum absolute atomic E-state index is 12.9. The SMILES string of the molecule is CCOC(=O)C1CCN(C(=O)CN(C)C(=O)c2ccc(-c3ccc4c(c3)OCCO4)s2)CC1. The second kappa shape index (κ2) is 10.2. The maximum atomic E-state index is 12.9. The largest absolute Gasteiger partial charge is 0.486 e. The normalized spacial score (nSPS) is 15.8. The van der Waals surface area contributed by atoms with Crippen molar-refractivity contribution in [1.29, 1.82) is 0 Å². The highest BCUT2D eigenvalue weighted by Crippen LogP contribution is 2.37. The van der Waals surface area contributed by atoms with Crippen LogP contribution in [0.2, 0.25) is 0 Å². The summed E-state index contributed by atoms with van der Waals surface area (Å²) in [5.74, 6) is 0.772. The van der Waals surface area contributed by atoms with Gasteiger partial charge in [-0.2, -0.15) is 0 Å². The highest BCUT2D eigenvalue weighted by molar-refractivity contribution is 7.17. The Balaban J connectivity index is 1.33. The number of thiophene rings is 1. The molecule has 1 aromatic heterocycles. The Bertz CT molecular complexity index is 1030. The number of esters is 1. The zero-order valence-electron chi connectivity index (χ0n) is 18.9. The van der Waals surface area contributed by atoms with Gasteiger partial charge in [-0.3, -0.25) is 14.4 Å². The number of fused-ring (bicyclic) bond motifs is 1. The Morgan fingerprint density at radius 3 is 2.55 bits per heavy atom. The number of hydrogen-bond acceptors (Lipinski definition) is 7. The van der Waals surface area contributed by atoms with Crippen molar-refractivity contribution < 1.29 is 28.6 Å². The van der Waals surface area contributed by atoms with Gasteiger partial charge in [-0.1, -0.05) is 0 Å². The van der Waals surface area contributed by atoms with Gasteiger partial charge in [0.1, 0.15) is 13.2 Å². The first-order chi connectivity index (χ1) is 16.0. The first kappa shape index (κ1) is 23.1. The number of carbonyl (C=O) groups is 3. The smallest absolute Gasteiger partial charge is 0.309 e. The summed E-state index contributed by atoms with van der Waals surface area (Å²) < 4.78 is 16.3. The summed E-state index contributed by atoms with van der Waals surface area (Å²) in [6.07, 6.45) is 1.18. The lowest BCUT2D eigenvalue weighted by Crippen LogP contribution is -2.45. The topological polar surface area (TPSA) is 85.4 Å². The molecule has 176 valence electrons. The molecule has 2 aromatic rings. The molecule has 8 nitrogen and oxygen atoms in total. The predicted molar refractivity (Wildman–Crippen MR) is 124 cm³/mol. The van der Waals surface area contributed by atoms with E-state index in [9.17, 15) is 14.4 Å². The van der Waals surface area contributed by atoms with Crippen LogP contribution in [0.25, 0.3) is 10.4 Å². The van der Waals surface area contributed by atoms with Crippen LogP contribution in [0, 0.1) is 5.92 Å². The number of benzene rings is 1. The van der Waals surface area contributed by atoms with Crippen molar-refractivity contribution in [2.75, 3.05) is 46.5 Å². The lowest BCUT2D eigenvalue weighted by atomic mass is 9.97. The van der Waals surface area contributed by atoms with Crippen molar-refractivity contribution in [1.82, 2.24) is 9.80 Å². The molecule has 0 spiro atoms. The molecule has 0 bridgehead atoms. The highest BCUT2D eigenvalue weighted by Gasteiger charge is 2.29. The molecule has 2 aliphatic heterocycles. The number of hydrogen-bond donors (Lipinski definition) is 0. The van der Waals surface area contributed by atoms with Crippen molar-refractivity contribution in [3.63, 3.8) is 0 Å². The van der Waals surface area contributed by atoms with Crippen LogP contribution >= 0.6 is 11.3 Å². The predicted octanol–water partition coefficient (Wildman–Crippen LogP) is 3.06. The fraction of sp³-hybridized carbons (Fsp3) is 0.458. The average molecular weight is 473 g/mol. The molecule has 33 heavy (non-hydrogen) atoms. The third kappa shape index (κ3) is 5.30. The van der Waals surface area contributed by atoms with E-state index >= 15 is 0 Å².